The molecule has 0 atom stereocenters. The van der Waals surface area contributed by atoms with E-state index in [0.29, 0.717) is 0 Å². The van der Waals surface area contributed by atoms with Crippen molar-refractivity contribution in [3.8, 4) is 0 Å². The molecule has 0 aliphatic rings. The van der Waals surface area contributed by atoms with Crippen molar-refractivity contribution in [2.45, 2.75) is 18.6 Å². The van der Waals surface area contributed by atoms with E-state index < -0.39 is 20.5 Å². The van der Waals surface area contributed by atoms with Crippen LogP contribution in [-0.2, 0) is 9.84 Å². The standard InChI is InChI=1S/C11H16ClN3O3S/c1-11(2,19(3,17)18)6-15-10(16)7-4-9(12)14-5-8(7)13/h4-5H,6,13H2,1-3H3,(H,15,16). The minimum absolute atomic E-state index is 0.0238. The summed E-state index contributed by atoms with van der Waals surface area (Å²) in [5.41, 5.74) is 5.97. The lowest BCUT2D eigenvalue weighted by Crippen LogP contribution is -2.43. The van der Waals surface area contributed by atoms with Crippen LogP contribution >= 0.6 is 11.6 Å². The summed E-state index contributed by atoms with van der Waals surface area (Å²) in [5.74, 6) is -0.487. The number of pyridine rings is 1. The van der Waals surface area contributed by atoms with Crippen LogP contribution in [-0.4, -0.2) is 36.9 Å². The molecule has 1 aromatic rings. The molecule has 3 N–H and O–H groups in total. The molecular weight excluding hydrogens is 290 g/mol. The maximum atomic E-state index is 11.9. The molecule has 1 aromatic heterocycles. The van der Waals surface area contributed by atoms with Crippen LogP contribution in [0.5, 0.6) is 0 Å². The first-order valence-corrected chi connectivity index (χ1v) is 7.70. The normalized spacial score (nSPS) is 12.2. The Labute approximate surface area is 117 Å². The molecule has 0 spiro atoms. The van der Waals surface area contributed by atoms with Gasteiger partial charge in [-0.3, -0.25) is 4.79 Å². The number of carbonyl (C=O) groups is 1. The molecule has 0 aliphatic heterocycles. The molecular formula is C11H16ClN3O3S. The predicted octanol–water partition coefficient (Wildman–Crippen LogP) is 0.870. The van der Waals surface area contributed by atoms with Crippen LogP contribution in [0.1, 0.15) is 24.2 Å². The van der Waals surface area contributed by atoms with Gasteiger partial charge in [0.15, 0.2) is 9.84 Å². The predicted molar refractivity (Wildman–Crippen MR) is 74.9 cm³/mol. The molecule has 8 heteroatoms. The fourth-order valence-electron chi connectivity index (χ4n) is 1.16. The average molecular weight is 306 g/mol. The summed E-state index contributed by atoms with van der Waals surface area (Å²) >= 11 is 5.68. The number of nitrogen functional groups attached to an aromatic ring is 1. The molecule has 1 heterocycles. The quantitative estimate of drug-likeness (QED) is 0.804. The van der Waals surface area contributed by atoms with Crippen molar-refractivity contribution in [1.82, 2.24) is 10.3 Å². The number of nitrogens with zero attached hydrogens (tertiary/aromatic N) is 1. The van der Waals surface area contributed by atoms with Gasteiger partial charge in [0.2, 0.25) is 0 Å². The van der Waals surface area contributed by atoms with Crippen LogP contribution in [0.25, 0.3) is 0 Å². The Bertz CT molecular complexity index is 599. The summed E-state index contributed by atoms with van der Waals surface area (Å²) in [5, 5.41) is 2.67. The molecule has 106 valence electrons. The number of hydrogen-bond acceptors (Lipinski definition) is 5. The lowest BCUT2D eigenvalue weighted by Gasteiger charge is -2.22. The second-order valence-corrected chi connectivity index (χ2v) is 7.85. The van der Waals surface area contributed by atoms with Gasteiger partial charge in [0.05, 0.1) is 22.2 Å². The van der Waals surface area contributed by atoms with Gasteiger partial charge in [-0.1, -0.05) is 11.6 Å². The Morgan fingerprint density at radius 3 is 2.63 bits per heavy atom. The van der Waals surface area contributed by atoms with Gasteiger partial charge in [-0.05, 0) is 19.9 Å². The number of sulfone groups is 1. The Hall–Kier alpha value is -1.34. The second kappa shape index (κ2) is 5.34. The smallest absolute Gasteiger partial charge is 0.253 e. The number of rotatable bonds is 4. The van der Waals surface area contributed by atoms with E-state index in [1.165, 1.54) is 26.1 Å². The van der Waals surface area contributed by atoms with Gasteiger partial charge in [-0.2, -0.15) is 0 Å². The highest BCUT2D eigenvalue weighted by Gasteiger charge is 2.30. The fraction of sp³-hybridized carbons (Fsp3) is 0.455. The van der Waals surface area contributed by atoms with Crippen LogP contribution in [0.2, 0.25) is 5.15 Å². The van der Waals surface area contributed by atoms with Gasteiger partial charge < -0.3 is 11.1 Å². The second-order valence-electron chi connectivity index (χ2n) is 4.81. The average Bonchev–Trinajstić information content (AvgIpc) is 2.28. The molecule has 0 unspecified atom stereocenters. The first-order valence-electron chi connectivity index (χ1n) is 5.43. The summed E-state index contributed by atoms with van der Waals surface area (Å²) in [6, 6.07) is 1.33. The molecule has 1 rings (SSSR count). The number of halogens is 1. The summed E-state index contributed by atoms with van der Waals surface area (Å²) in [6.45, 7) is 3.04. The largest absolute Gasteiger partial charge is 0.397 e. The van der Waals surface area contributed by atoms with Gasteiger partial charge >= 0.3 is 0 Å². The zero-order valence-corrected chi connectivity index (χ0v) is 12.5. The van der Waals surface area contributed by atoms with Crippen LogP contribution in [0.4, 0.5) is 5.69 Å². The minimum atomic E-state index is -3.28. The number of amides is 1. The number of carbonyl (C=O) groups excluding carboxylic acids is 1. The van der Waals surface area contributed by atoms with Gasteiger partial charge in [0, 0.05) is 12.8 Å². The Morgan fingerprint density at radius 1 is 1.53 bits per heavy atom. The maximum absolute atomic E-state index is 11.9. The summed E-state index contributed by atoms with van der Waals surface area (Å²) < 4.78 is 22.0. The van der Waals surface area contributed by atoms with Crippen LogP contribution in [0.15, 0.2) is 12.3 Å². The molecule has 0 saturated heterocycles. The Morgan fingerprint density at radius 2 is 2.11 bits per heavy atom. The highest BCUT2D eigenvalue weighted by molar-refractivity contribution is 7.92. The van der Waals surface area contributed by atoms with E-state index in [2.05, 4.69) is 10.3 Å². The first kappa shape index (κ1) is 15.7. The zero-order valence-electron chi connectivity index (χ0n) is 10.9. The summed E-state index contributed by atoms with van der Waals surface area (Å²) in [7, 11) is -3.28. The molecule has 0 fully saturated rings. The molecule has 0 saturated carbocycles. The van der Waals surface area contributed by atoms with Crippen molar-refractivity contribution in [3.05, 3.63) is 23.0 Å². The maximum Gasteiger partial charge on any atom is 0.253 e. The SMILES string of the molecule is CC(C)(CNC(=O)c1cc(Cl)ncc1N)S(C)(=O)=O. The van der Waals surface area contributed by atoms with Crippen molar-refractivity contribution in [3.63, 3.8) is 0 Å². The molecule has 1 amide bonds. The van der Waals surface area contributed by atoms with E-state index in [-0.39, 0.29) is 22.9 Å². The lowest BCUT2D eigenvalue weighted by atomic mass is 10.2. The van der Waals surface area contributed by atoms with Gasteiger partial charge in [-0.25, -0.2) is 13.4 Å². The molecule has 0 aromatic carbocycles. The Kier molecular flexibility index (Phi) is 4.42. The fourth-order valence-corrected chi connectivity index (χ4v) is 1.65. The van der Waals surface area contributed by atoms with E-state index >= 15 is 0 Å². The van der Waals surface area contributed by atoms with Crippen molar-refractivity contribution < 1.29 is 13.2 Å². The molecule has 0 radical (unpaired) electrons. The highest BCUT2D eigenvalue weighted by atomic mass is 35.5. The first-order chi connectivity index (χ1) is 8.54. The summed E-state index contributed by atoms with van der Waals surface area (Å²) in [6.07, 6.45) is 2.40. The molecule has 6 nitrogen and oxygen atoms in total. The lowest BCUT2D eigenvalue weighted by molar-refractivity contribution is 0.0951. The number of hydrogen-bond donors (Lipinski definition) is 2. The van der Waals surface area contributed by atoms with E-state index in [4.69, 9.17) is 17.3 Å². The van der Waals surface area contributed by atoms with Crippen molar-refractivity contribution in [1.29, 1.82) is 0 Å². The number of anilines is 1. The van der Waals surface area contributed by atoms with E-state index in [9.17, 15) is 13.2 Å². The van der Waals surface area contributed by atoms with Crippen LogP contribution < -0.4 is 11.1 Å². The molecule has 0 bridgehead atoms. The topological polar surface area (TPSA) is 102 Å². The third-order valence-electron chi connectivity index (χ3n) is 2.82. The van der Waals surface area contributed by atoms with Gasteiger partial charge in [0.25, 0.3) is 5.91 Å². The van der Waals surface area contributed by atoms with E-state index in [1.54, 1.807) is 0 Å². The highest BCUT2D eigenvalue weighted by Crippen LogP contribution is 2.17. The monoisotopic (exact) mass is 305 g/mol. The number of nitrogens with one attached hydrogen (secondary N) is 1. The number of aromatic nitrogens is 1. The van der Waals surface area contributed by atoms with Crippen molar-refractivity contribution in [2.24, 2.45) is 0 Å². The van der Waals surface area contributed by atoms with Gasteiger partial charge in [-0.15, -0.1) is 0 Å². The van der Waals surface area contributed by atoms with Crippen LogP contribution in [0, 0.1) is 0 Å². The van der Waals surface area contributed by atoms with E-state index in [1.807, 2.05) is 0 Å². The van der Waals surface area contributed by atoms with E-state index in [0.717, 1.165) is 6.26 Å². The minimum Gasteiger partial charge on any atom is -0.397 e. The van der Waals surface area contributed by atoms with Gasteiger partial charge in [0.1, 0.15) is 5.15 Å². The van der Waals surface area contributed by atoms with Crippen LogP contribution in [0.3, 0.4) is 0 Å². The third kappa shape index (κ3) is 3.81. The van der Waals surface area contributed by atoms with Crippen molar-refractivity contribution in [2.75, 3.05) is 18.5 Å². The zero-order chi connectivity index (χ0) is 14.8. The Balaban J connectivity index is 2.85. The molecule has 0 aliphatic carbocycles. The number of nitrogens with two attached hydrogens (primary N) is 1. The molecule has 19 heavy (non-hydrogen) atoms. The summed E-state index contributed by atoms with van der Waals surface area (Å²) in [4.78, 5) is 15.7. The third-order valence-corrected chi connectivity index (χ3v) is 5.18. The van der Waals surface area contributed by atoms with Crippen molar-refractivity contribution >= 4 is 33.0 Å².